The molecule has 2 heterocycles. The number of aromatic nitrogens is 1. The summed E-state index contributed by atoms with van der Waals surface area (Å²) >= 11 is 0. The zero-order valence-corrected chi connectivity index (χ0v) is 12.0. The molecule has 118 valence electrons. The molecule has 8 heteroatoms. The second kappa shape index (κ2) is 6.18. The number of anilines is 1. The van der Waals surface area contributed by atoms with Gasteiger partial charge in [0, 0.05) is 19.1 Å². The summed E-state index contributed by atoms with van der Waals surface area (Å²) < 4.78 is 5.25. The molecule has 8 nitrogen and oxygen atoms in total. The molecule has 0 bridgehead atoms. The quantitative estimate of drug-likeness (QED) is 0.632. The Morgan fingerprint density at radius 1 is 1.45 bits per heavy atom. The van der Waals surface area contributed by atoms with Crippen LogP contribution in [-0.4, -0.2) is 41.3 Å². The molecule has 1 aliphatic heterocycles. The maximum absolute atomic E-state index is 11.3. The van der Waals surface area contributed by atoms with Gasteiger partial charge in [0.05, 0.1) is 5.69 Å². The Morgan fingerprint density at radius 3 is 3.05 bits per heavy atom. The molecule has 1 fully saturated rings. The van der Waals surface area contributed by atoms with E-state index in [1.807, 2.05) is 6.07 Å². The van der Waals surface area contributed by atoms with Crippen molar-refractivity contribution in [2.24, 2.45) is 5.92 Å². The summed E-state index contributed by atoms with van der Waals surface area (Å²) in [7, 11) is 0. The van der Waals surface area contributed by atoms with Crippen molar-refractivity contribution in [3.05, 3.63) is 17.8 Å². The summed E-state index contributed by atoms with van der Waals surface area (Å²) in [6.45, 7) is 1.30. The lowest BCUT2D eigenvalue weighted by Crippen LogP contribution is -2.49. The monoisotopic (exact) mass is 306 g/mol. The van der Waals surface area contributed by atoms with E-state index in [-0.39, 0.29) is 18.6 Å². The SMILES string of the molecule is O=C(O)NC1CCC1CNCc1ccc2c(n1)NC(=O)CO2. The van der Waals surface area contributed by atoms with E-state index in [1.54, 1.807) is 6.07 Å². The zero-order valence-electron chi connectivity index (χ0n) is 12.0. The molecule has 0 saturated heterocycles. The molecule has 22 heavy (non-hydrogen) atoms. The Kier molecular flexibility index (Phi) is 4.10. The molecule has 3 rings (SSSR count). The number of fused-ring (bicyclic) bond motifs is 1. The minimum Gasteiger partial charge on any atom is -0.480 e. The Hall–Kier alpha value is -2.35. The third-order valence-corrected chi connectivity index (χ3v) is 3.97. The molecule has 0 aromatic carbocycles. The fraction of sp³-hybridized carbons (Fsp3) is 0.500. The standard InChI is InChI=1S/C14H18N4O4/c19-12-7-22-11-4-2-9(16-13(11)18-12)6-15-5-8-1-3-10(8)17-14(20)21/h2,4,8,10,15,17H,1,3,5-7H2,(H,20,21)(H,16,18,19). The van der Waals surface area contributed by atoms with Crippen LogP contribution >= 0.6 is 0 Å². The molecule has 0 spiro atoms. The van der Waals surface area contributed by atoms with Crippen molar-refractivity contribution >= 4 is 17.8 Å². The Morgan fingerprint density at radius 2 is 2.32 bits per heavy atom. The van der Waals surface area contributed by atoms with Crippen molar-refractivity contribution < 1.29 is 19.4 Å². The lowest BCUT2D eigenvalue weighted by Gasteiger charge is -2.36. The topological polar surface area (TPSA) is 113 Å². The van der Waals surface area contributed by atoms with E-state index in [9.17, 15) is 9.59 Å². The first-order chi connectivity index (χ1) is 10.6. The van der Waals surface area contributed by atoms with Crippen LogP contribution in [-0.2, 0) is 11.3 Å². The highest BCUT2D eigenvalue weighted by atomic mass is 16.5. The lowest BCUT2D eigenvalue weighted by atomic mass is 9.79. The minimum absolute atomic E-state index is 0.0198. The van der Waals surface area contributed by atoms with Crippen LogP contribution in [0.3, 0.4) is 0 Å². The van der Waals surface area contributed by atoms with Gasteiger partial charge in [0.2, 0.25) is 0 Å². The van der Waals surface area contributed by atoms with Gasteiger partial charge < -0.3 is 25.8 Å². The number of nitrogens with zero attached hydrogens (tertiary/aromatic N) is 1. The zero-order chi connectivity index (χ0) is 15.5. The smallest absolute Gasteiger partial charge is 0.404 e. The number of carboxylic acid groups (broad SMARTS) is 1. The maximum atomic E-state index is 11.3. The molecular formula is C14H18N4O4. The molecule has 4 N–H and O–H groups in total. The van der Waals surface area contributed by atoms with Crippen LogP contribution in [0.25, 0.3) is 0 Å². The van der Waals surface area contributed by atoms with E-state index in [0.29, 0.717) is 24.0 Å². The van der Waals surface area contributed by atoms with Crippen LogP contribution in [0.15, 0.2) is 12.1 Å². The number of nitrogens with one attached hydrogen (secondary N) is 3. The van der Waals surface area contributed by atoms with Crippen LogP contribution in [0.4, 0.5) is 10.6 Å². The first-order valence-corrected chi connectivity index (χ1v) is 7.24. The largest absolute Gasteiger partial charge is 0.480 e. The van der Waals surface area contributed by atoms with Gasteiger partial charge in [0.1, 0.15) is 0 Å². The molecule has 2 unspecified atom stereocenters. The first kappa shape index (κ1) is 14.6. The number of rotatable bonds is 5. The van der Waals surface area contributed by atoms with E-state index in [4.69, 9.17) is 9.84 Å². The molecular weight excluding hydrogens is 288 g/mol. The predicted octanol–water partition coefficient (Wildman–Crippen LogP) is 0.548. The molecule has 1 aromatic heterocycles. The highest BCUT2D eigenvalue weighted by Crippen LogP contribution is 2.27. The predicted molar refractivity (Wildman–Crippen MR) is 77.7 cm³/mol. The molecule has 2 amide bonds. The van der Waals surface area contributed by atoms with Crippen LogP contribution in [0.1, 0.15) is 18.5 Å². The number of hydrogen-bond acceptors (Lipinski definition) is 5. The third-order valence-electron chi connectivity index (χ3n) is 3.97. The van der Waals surface area contributed by atoms with Crippen molar-refractivity contribution in [1.82, 2.24) is 15.6 Å². The molecule has 2 aliphatic rings. The fourth-order valence-electron chi connectivity index (χ4n) is 2.65. The van der Waals surface area contributed by atoms with E-state index >= 15 is 0 Å². The van der Waals surface area contributed by atoms with Gasteiger partial charge in [0.15, 0.2) is 18.2 Å². The molecule has 1 aliphatic carbocycles. The molecule has 1 saturated carbocycles. The van der Waals surface area contributed by atoms with Crippen molar-refractivity contribution in [2.75, 3.05) is 18.5 Å². The van der Waals surface area contributed by atoms with Gasteiger partial charge in [0.25, 0.3) is 5.91 Å². The number of carbonyl (C=O) groups is 2. The van der Waals surface area contributed by atoms with Crippen molar-refractivity contribution in [3.8, 4) is 5.75 Å². The van der Waals surface area contributed by atoms with Crippen LogP contribution in [0.5, 0.6) is 5.75 Å². The molecule has 2 atom stereocenters. The van der Waals surface area contributed by atoms with Gasteiger partial charge in [-0.15, -0.1) is 0 Å². The second-order valence-electron chi connectivity index (χ2n) is 5.51. The van der Waals surface area contributed by atoms with E-state index in [1.165, 1.54) is 0 Å². The van der Waals surface area contributed by atoms with Gasteiger partial charge in [-0.3, -0.25) is 4.79 Å². The van der Waals surface area contributed by atoms with Crippen LogP contribution in [0, 0.1) is 5.92 Å². The number of hydrogen-bond donors (Lipinski definition) is 4. The average Bonchev–Trinajstić information content (AvgIpc) is 2.47. The van der Waals surface area contributed by atoms with Gasteiger partial charge >= 0.3 is 6.09 Å². The van der Waals surface area contributed by atoms with Crippen molar-refractivity contribution in [1.29, 1.82) is 0 Å². The number of pyridine rings is 1. The summed E-state index contributed by atoms with van der Waals surface area (Å²) in [5, 5.41) is 17.2. The minimum atomic E-state index is -0.971. The highest BCUT2D eigenvalue weighted by Gasteiger charge is 2.31. The van der Waals surface area contributed by atoms with Gasteiger partial charge in [-0.25, -0.2) is 9.78 Å². The first-order valence-electron chi connectivity index (χ1n) is 7.24. The van der Waals surface area contributed by atoms with E-state index in [0.717, 1.165) is 25.1 Å². The lowest BCUT2D eigenvalue weighted by molar-refractivity contribution is -0.118. The van der Waals surface area contributed by atoms with Crippen LogP contribution < -0.4 is 20.7 Å². The van der Waals surface area contributed by atoms with Crippen molar-refractivity contribution in [3.63, 3.8) is 0 Å². The Bertz CT molecular complexity index is 592. The number of ether oxygens (including phenoxy) is 1. The fourth-order valence-corrected chi connectivity index (χ4v) is 2.65. The summed E-state index contributed by atoms with van der Waals surface area (Å²) in [6, 6.07) is 3.67. The molecule has 1 aromatic rings. The summed E-state index contributed by atoms with van der Waals surface area (Å²) in [5.41, 5.74) is 0.798. The molecule has 0 radical (unpaired) electrons. The van der Waals surface area contributed by atoms with Crippen LogP contribution in [0.2, 0.25) is 0 Å². The van der Waals surface area contributed by atoms with E-state index in [2.05, 4.69) is 20.9 Å². The highest BCUT2D eigenvalue weighted by molar-refractivity contribution is 5.94. The second-order valence-corrected chi connectivity index (χ2v) is 5.51. The Balaban J connectivity index is 1.49. The van der Waals surface area contributed by atoms with Gasteiger partial charge in [-0.2, -0.15) is 0 Å². The summed E-state index contributed by atoms with van der Waals surface area (Å²) in [4.78, 5) is 26.2. The normalized spacial score (nSPS) is 22.8. The average molecular weight is 306 g/mol. The summed E-state index contributed by atoms with van der Waals surface area (Å²) in [6.07, 6.45) is 0.931. The van der Waals surface area contributed by atoms with E-state index < -0.39 is 6.09 Å². The van der Waals surface area contributed by atoms with Gasteiger partial charge in [-0.05, 0) is 30.9 Å². The summed E-state index contributed by atoms with van der Waals surface area (Å²) in [5.74, 6) is 1.14. The maximum Gasteiger partial charge on any atom is 0.404 e. The third kappa shape index (κ3) is 3.28. The number of amides is 2. The Labute approximate surface area is 127 Å². The van der Waals surface area contributed by atoms with Gasteiger partial charge in [-0.1, -0.05) is 0 Å². The van der Waals surface area contributed by atoms with Crippen molar-refractivity contribution in [2.45, 2.75) is 25.4 Å². The number of carbonyl (C=O) groups excluding carboxylic acids is 1.